The lowest BCUT2D eigenvalue weighted by atomic mass is 9.88. The fourth-order valence-corrected chi connectivity index (χ4v) is 4.51. The molecule has 1 N–H and O–H groups in total. The van der Waals surface area contributed by atoms with Gasteiger partial charge in [-0.2, -0.15) is 0 Å². The van der Waals surface area contributed by atoms with Crippen molar-refractivity contribution in [2.24, 2.45) is 5.92 Å². The number of aliphatic hydroxyl groups excluding tert-OH is 1. The third-order valence-electron chi connectivity index (χ3n) is 5.52. The zero-order chi connectivity index (χ0) is 18.6. The molecule has 0 bridgehead atoms. The minimum atomic E-state index is -0.297. The van der Waals surface area contributed by atoms with Crippen LogP contribution in [0.25, 0.3) is 10.2 Å². The van der Waals surface area contributed by atoms with E-state index in [4.69, 9.17) is 0 Å². The van der Waals surface area contributed by atoms with E-state index in [0.29, 0.717) is 18.7 Å². The first-order valence-electron chi connectivity index (χ1n) is 9.55. The number of aliphatic hydroxyl groups is 1. The maximum atomic E-state index is 12.8. The summed E-state index contributed by atoms with van der Waals surface area (Å²) in [6, 6.07) is 16.0. The van der Waals surface area contributed by atoms with Crippen LogP contribution in [0.15, 0.2) is 54.0 Å². The first-order chi connectivity index (χ1) is 13.2. The van der Waals surface area contributed by atoms with Crippen LogP contribution >= 0.6 is 11.3 Å². The van der Waals surface area contributed by atoms with Crippen LogP contribution < -0.4 is 0 Å². The van der Waals surface area contributed by atoms with Gasteiger partial charge in [-0.3, -0.25) is 4.79 Å². The molecular formula is C22H24N2O2S. The van der Waals surface area contributed by atoms with Gasteiger partial charge in [0, 0.05) is 18.7 Å². The van der Waals surface area contributed by atoms with Crippen LogP contribution in [0.4, 0.5) is 0 Å². The Hall–Kier alpha value is -2.24. The minimum Gasteiger partial charge on any atom is -0.393 e. The Morgan fingerprint density at radius 2 is 1.96 bits per heavy atom. The highest BCUT2D eigenvalue weighted by molar-refractivity contribution is 7.16. The van der Waals surface area contributed by atoms with E-state index >= 15 is 0 Å². The fourth-order valence-electron chi connectivity index (χ4n) is 3.86. The lowest BCUT2D eigenvalue weighted by molar-refractivity contribution is 0.0437. The molecule has 1 saturated heterocycles. The molecule has 5 heteroatoms. The van der Waals surface area contributed by atoms with E-state index in [9.17, 15) is 9.90 Å². The summed E-state index contributed by atoms with van der Waals surface area (Å²) in [7, 11) is 0. The second kappa shape index (κ2) is 8.19. The number of aryl methyl sites for hydroxylation is 1. The van der Waals surface area contributed by atoms with Gasteiger partial charge in [-0.05, 0) is 55.4 Å². The molecule has 27 heavy (non-hydrogen) atoms. The Labute approximate surface area is 163 Å². The van der Waals surface area contributed by atoms with Crippen molar-refractivity contribution in [1.29, 1.82) is 0 Å². The molecule has 0 unspecified atom stereocenters. The molecule has 140 valence electrons. The van der Waals surface area contributed by atoms with Gasteiger partial charge in [0.1, 0.15) is 0 Å². The maximum Gasteiger partial charge on any atom is 0.253 e. The van der Waals surface area contributed by atoms with E-state index in [1.165, 1.54) is 5.56 Å². The number of rotatable bonds is 5. The lowest BCUT2D eigenvalue weighted by Crippen LogP contribution is -2.41. The number of hydrogen-bond acceptors (Lipinski definition) is 4. The van der Waals surface area contributed by atoms with Gasteiger partial charge in [0.15, 0.2) is 0 Å². The Morgan fingerprint density at radius 3 is 2.74 bits per heavy atom. The number of nitrogens with zero attached hydrogens (tertiary/aromatic N) is 2. The second-order valence-electron chi connectivity index (χ2n) is 7.26. The minimum absolute atomic E-state index is 0.0714. The lowest BCUT2D eigenvalue weighted by Gasteiger charge is -2.34. The molecule has 4 rings (SSSR count). The number of aromatic nitrogens is 1. The third kappa shape index (κ3) is 4.20. The van der Waals surface area contributed by atoms with Gasteiger partial charge in [0.2, 0.25) is 0 Å². The first kappa shape index (κ1) is 18.1. The number of piperidine rings is 1. The SMILES string of the molecule is O=C(c1ccc2scnc2c1)N1CCC([C@@H](O)CCc2ccccc2)CC1. The molecule has 1 atom stereocenters. The Bertz CT molecular complexity index is 901. The number of likely N-dealkylation sites (tertiary alicyclic amines) is 1. The van der Waals surface area contributed by atoms with Crippen molar-refractivity contribution in [2.45, 2.75) is 31.8 Å². The maximum absolute atomic E-state index is 12.8. The highest BCUT2D eigenvalue weighted by Crippen LogP contribution is 2.26. The largest absolute Gasteiger partial charge is 0.393 e. The summed E-state index contributed by atoms with van der Waals surface area (Å²) in [5.74, 6) is 0.348. The fraction of sp³-hybridized carbons (Fsp3) is 0.364. The van der Waals surface area contributed by atoms with E-state index in [1.54, 1.807) is 16.8 Å². The van der Waals surface area contributed by atoms with Crippen LogP contribution in [0.5, 0.6) is 0 Å². The van der Waals surface area contributed by atoms with Crippen LogP contribution in [-0.4, -0.2) is 40.1 Å². The molecule has 0 saturated carbocycles. The molecular weight excluding hydrogens is 356 g/mol. The van der Waals surface area contributed by atoms with Crippen LogP contribution in [0.2, 0.25) is 0 Å². The molecule has 2 heterocycles. The van der Waals surface area contributed by atoms with Gasteiger partial charge in [-0.25, -0.2) is 4.98 Å². The monoisotopic (exact) mass is 380 g/mol. The van der Waals surface area contributed by atoms with Crippen LogP contribution in [0, 0.1) is 5.92 Å². The molecule has 0 radical (unpaired) electrons. The Balaban J connectivity index is 1.30. The Morgan fingerprint density at radius 1 is 1.19 bits per heavy atom. The number of carbonyl (C=O) groups is 1. The number of hydrogen-bond donors (Lipinski definition) is 1. The van der Waals surface area contributed by atoms with Gasteiger partial charge in [0.05, 0.1) is 21.8 Å². The van der Waals surface area contributed by atoms with Crippen LogP contribution in [0.3, 0.4) is 0 Å². The Kier molecular flexibility index (Phi) is 5.50. The van der Waals surface area contributed by atoms with E-state index < -0.39 is 0 Å². The number of carbonyl (C=O) groups excluding carboxylic acids is 1. The van der Waals surface area contributed by atoms with Crippen molar-refractivity contribution in [3.05, 3.63) is 65.2 Å². The van der Waals surface area contributed by atoms with Gasteiger partial charge in [-0.15, -0.1) is 11.3 Å². The van der Waals surface area contributed by atoms with Gasteiger partial charge in [-0.1, -0.05) is 30.3 Å². The molecule has 1 amide bonds. The zero-order valence-corrected chi connectivity index (χ0v) is 16.1. The van der Waals surface area contributed by atoms with E-state index in [-0.39, 0.29) is 17.9 Å². The highest BCUT2D eigenvalue weighted by atomic mass is 32.1. The number of benzene rings is 2. The molecule has 4 nitrogen and oxygen atoms in total. The summed E-state index contributed by atoms with van der Waals surface area (Å²) in [6.07, 6.45) is 3.10. The topological polar surface area (TPSA) is 53.4 Å². The standard InChI is InChI=1S/C22H24N2O2S/c25-20(8-6-16-4-2-1-3-5-16)17-10-12-24(13-11-17)22(26)18-7-9-21-19(14-18)23-15-27-21/h1-5,7,9,14-15,17,20,25H,6,8,10-13H2/t20-/m0/s1. The number of amides is 1. The summed E-state index contributed by atoms with van der Waals surface area (Å²) >= 11 is 1.59. The van der Waals surface area contributed by atoms with Crippen molar-refractivity contribution >= 4 is 27.5 Å². The van der Waals surface area contributed by atoms with Crippen molar-refractivity contribution in [3.8, 4) is 0 Å². The molecule has 0 aliphatic carbocycles. The van der Waals surface area contributed by atoms with Crippen molar-refractivity contribution < 1.29 is 9.90 Å². The van der Waals surface area contributed by atoms with E-state index in [1.807, 2.05) is 41.3 Å². The summed E-state index contributed by atoms with van der Waals surface area (Å²) in [5.41, 5.74) is 4.66. The zero-order valence-electron chi connectivity index (χ0n) is 15.3. The average Bonchev–Trinajstić information content (AvgIpc) is 3.20. The number of thiazole rings is 1. The smallest absolute Gasteiger partial charge is 0.253 e. The van der Waals surface area contributed by atoms with Gasteiger partial charge in [0.25, 0.3) is 5.91 Å². The quantitative estimate of drug-likeness (QED) is 0.724. The summed E-state index contributed by atoms with van der Waals surface area (Å²) in [5, 5.41) is 10.6. The van der Waals surface area contributed by atoms with Crippen LogP contribution in [-0.2, 0) is 6.42 Å². The molecule has 1 aliphatic rings. The third-order valence-corrected chi connectivity index (χ3v) is 6.33. The van der Waals surface area contributed by atoms with Crippen molar-refractivity contribution in [3.63, 3.8) is 0 Å². The summed E-state index contributed by atoms with van der Waals surface area (Å²) in [6.45, 7) is 1.42. The van der Waals surface area contributed by atoms with E-state index in [2.05, 4.69) is 17.1 Å². The molecule has 1 fully saturated rings. The van der Waals surface area contributed by atoms with Gasteiger partial charge < -0.3 is 10.0 Å². The van der Waals surface area contributed by atoms with Crippen molar-refractivity contribution in [2.75, 3.05) is 13.1 Å². The van der Waals surface area contributed by atoms with Gasteiger partial charge >= 0.3 is 0 Å². The van der Waals surface area contributed by atoms with E-state index in [0.717, 1.165) is 35.9 Å². The molecule has 1 aromatic heterocycles. The summed E-state index contributed by atoms with van der Waals surface area (Å²) in [4.78, 5) is 19.0. The van der Waals surface area contributed by atoms with Crippen molar-refractivity contribution in [1.82, 2.24) is 9.88 Å². The molecule has 3 aromatic rings. The normalized spacial score (nSPS) is 16.6. The molecule has 0 spiro atoms. The predicted molar refractivity (Wildman–Crippen MR) is 109 cm³/mol. The highest BCUT2D eigenvalue weighted by Gasteiger charge is 2.27. The molecule has 2 aromatic carbocycles. The average molecular weight is 381 g/mol. The first-order valence-corrected chi connectivity index (χ1v) is 10.4. The molecule has 1 aliphatic heterocycles. The summed E-state index contributed by atoms with van der Waals surface area (Å²) < 4.78 is 1.10. The second-order valence-corrected chi connectivity index (χ2v) is 8.14. The predicted octanol–water partition coefficient (Wildman–Crippen LogP) is 4.14. The van der Waals surface area contributed by atoms with Crippen LogP contribution in [0.1, 0.15) is 35.2 Å². The number of fused-ring (bicyclic) bond motifs is 1.